The molecule has 0 radical (unpaired) electrons. The summed E-state index contributed by atoms with van der Waals surface area (Å²) in [5.74, 6) is 0.0633. The fourth-order valence-corrected chi connectivity index (χ4v) is 2.56. The van der Waals surface area contributed by atoms with Gasteiger partial charge >= 0.3 is 6.03 Å². The summed E-state index contributed by atoms with van der Waals surface area (Å²) in [5.41, 5.74) is 0.896. The van der Waals surface area contributed by atoms with E-state index in [0.29, 0.717) is 37.7 Å². The van der Waals surface area contributed by atoms with Crippen molar-refractivity contribution in [3.05, 3.63) is 34.9 Å². The molecule has 1 aromatic carbocycles. The van der Waals surface area contributed by atoms with E-state index in [0.717, 1.165) is 12.0 Å². The molecule has 1 aliphatic heterocycles. The zero-order chi connectivity index (χ0) is 15.2. The number of carbonyl (C=O) groups is 2. The molecule has 114 valence electrons. The van der Waals surface area contributed by atoms with E-state index in [1.807, 2.05) is 18.2 Å². The van der Waals surface area contributed by atoms with Crippen molar-refractivity contribution in [1.82, 2.24) is 15.1 Å². The monoisotopic (exact) mass is 309 g/mol. The lowest BCUT2D eigenvalue weighted by atomic mass is 10.2. The maximum Gasteiger partial charge on any atom is 0.317 e. The zero-order valence-corrected chi connectivity index (χ0v) is 12.9. The molecule has 21 heavy (non-hydrogen) atoms. The summed E-state index contributed by atoms with van der Waals surface area (Å²) in [4.78, 5) is 27.1. The zero-order valence-electron chi connectivity index (χ0n) is 12.1. The molecule has 0 atom stereocenters. The molecule has 1 N–H and O–H groups in total. The van der Waals surface area contributed by atoms with Gasteiger partial charge in [-0.25, -0.2) is 4.79 Å². The van der Waals surface area contributed by atoms with Crippen LogP contribution in [0, 0.1) is 0 Å². The van der Waals surface area contributed by atoms with Gasteiger partial charge < -0.3 is 15.1 Å². The van der Waals surface area contributed by atoms with Crippen LogP contribution in [-0.4, -0.2) is 47.9 Å². The number of urea groups is 1. The summed E-state index contributed by atoms with van der Waals surface area (Å²) in [7, 11) is 0. The lowest BCUT2D eigenvalue weighted by Crippen LogP contribution is -2.42. The third-order valence-corrected chi connectivity index (χ3v) is 3.99. The number of nitrogens with one attached hydrogen (secondary N) is 1. The summed E-state index contributed by atoms with van der Waals surface area (Å²) < 4.78 is 0. The molecule has 0 aromatic heterocycles. The van der Waals surface area contributed by atoms with Crippen LogP contribution in [0.1, 0.15) is 18.9 Å². The van der Waals surface area contributed by atoms with Crippen molar-refractivity contribution >= 4 is 23.5 Å². The Bertz CT molecular complexity index is 521. The van der Waals surface area contributed by atoms with Gasteiger partial charge in [0.1, 0.15) is 0 Å². The molecular formula is C15H20ClN3O2. The van der Waals surface area contributed by atoms with E-state index in [1.165, 1.54) is 0 Å². The Labute approximate surface area is 129 Å². The SMILES string of the molecule is CC(=O)N1CCCN(C(=O)NCc2ccccc2Cl)CC1. The van der Waals surface area contributed by atoms with Crippen LogP contribution in [0.4, 0.5) is 4.79 Å². The maximum atomic E-state index is 12.2. The third-order valence-electron chi connectivity index (χ3n) is 3.62. The number of nitrogens with zero attached hydrogens (tertiary/aromatic N) is 2. The Hall–Kier alpha value is -1.75. The summed E-state index contributed by atoms with van der Waals surface area (Å²) in [6.45, 7) is 4.50. The summed E-state index contributed by atoms with van der Waals surface area (Å²) >= 11 is 6.06. The molecule has 2 rings (SSSR count). The third kappa shape index (κ3) is 4.36. The first kappa shape index (κ1) is 15.6. The number of rotatable bonds is 2. The highest BCUT2D eigenvalue weighted by Crippen LogP contribution is 2.14. The Morgan fingerprint density at radius 1 is 1.14 bits per heavy atom. The van der Waals surface area contributed by atoms with Crippen LogP contribution in [0.5, 0.6) is 0 Å². The molecule has 0 aliphatic carbocycles. The van der Waals surface area contributed by atoms with Gasteiger partial charge in [0.05, 0.1) is 0 Å². The molecule has 1 aliphatic rings. The molecule has 0 unspecified atom stereocenters. The number of hydrogen-bond acceptors (Lipinski definition) is 2. The predicted molar refractivity (Wildman–Crippen MR) is 82.1 cm³/mol. The van der Waals surface area contributed by atoms with E-state index in [4.69, 9.17) is 11.6 Å². The normalized spacial score (nSPS) is 15.5. The smallest absolute Gasteiger partial charge is 0.317 e. The van der Waals surface area contributed by atoms with Gasteiger partial charge in [-0.15, -0.1) is 0 Å². The number of halogens is 1. The van der Waals surface area contributed by atoms with Gasteiger partial charge in [0, 0.05) is 44.7 Å². The Balaban J connectivity index is 1.86. The first-order valence-corrected chi connectivity index (χ1v) is 7.47. The van der Waals surface area contributed by atoms with E-state index in [-0.39, 0.29) is 11.9 Å². The largest absolute Gasteiger partial charge is 0.341 e. The summed E-state index contributed by atoms with van der Waals surface area (Å²) in [6, 6.07) is 7.34. The van der Waals surface area contributed by atoms with Gasteiger partial charge in [0.15, 0.2) is 0 Å². The second-order valence-corrected chi connectivity index (χ2v) is 5.50. The van der Waals surface area contributed by atoms with E-state index >= 15 is 0 Å². The molecule has 0 spiro atoms. The van der Waals surface area contributed by atoms with Crippen LogP contribution in [-0.2, 0) is 11.3 Å². The lowest BCUT2D eigenvalue weighted by molar-refractivity contribution is -0.128. The molecule has 3 amide bonds. The Morgan fingerprint density at radius 3 is 2.52 bits per heavy atom. The fourth-order valence-electron chi connectivity index (χ4n) is 2.36. The molecule has 0 bridgehead atoms. The van der Waals surface area contributed by atoms with Gasteiger partial charge in [0.2, 0.25) is 5.91 Å². The second kappa shape index (κ2) is 7.31. The van der Waals surface area contributed by atoms with Crippen molar-refractivity contribution in [2.24, 2.45) is 0 Å². The molecule has 0 saturated carbocycles. The van der Waals surface area contributed by atoms with Crippen LogP contribution in [0.2, 0.25) is 5.02 Å². The second-order valence-electron chi connectivity index (χ2n) is 5.10. The minimum Gasteiger partial charge on any atom is -0.341 e. The highest BCUT2D eigenvalue weighted by Gasteiger charge is 2.20. The van der Waals surface area contributed by atoms with E-state index < -0.39 is 0 Å². The highest BCUT2D eigenvalue weighted by molar-refractivity contribution is 6.31. The maximum absolute atomic E-state index is 12.2. The number of hydrogen-bond donors (Lipinski definition) is 1. The van der Waals surface area contributed by atoms with E-state index in [9.17, 15) is 9.59 Å². The highest BCUT2D eigenvalue weighted by atomic mass is 35.5. The standard InChI is InChI=1S/C15H20ClN3O2/c1-12(20)18-7-4-8-19(10-9-18)15(21)17-11-13-5-2-3-6-14(13)16/h2-3,5-6H,4,7-11H2,1H3,(H,17,21). The van der Waals surface area contributed by atoms with Gasteiger partial charge in [-0.05, 0) is 18.1 Å². The average molecular weight is 310 g/mol. The van der Waals surface area contributed by atoms with E-state index in [1.54, 1.807) is 22.8 Å². The van der Waals surface area contributed by atoms with Crippen molar-refractivity contribution in [2.45, 2.75) is 19.9 Å². The minimum absolute atomic E-state index is 0.0633. The Kier molecular flexibility index (Phi) is 5.44. The minimum atomic E-state index is -0.111. The number of benzene rings is 1. The topological polar surface area (TPSA) is 52.7 Å². The van der Waals surface area contributed by atoms with Gasteiger partial charge in [0.25, 0.3) is 0 Å². The fraction of sp³-hybridized carbons (Fsp3) is 0.467. The van der Waals surface area contributed by atoms with Crippen molar-refractivity contribution in [2.75, 3.05) is 26.2 Å². The number of carbonyl (C=O) groups excluding carboxylic acids is 2. The molecule has 5 nitrogen and oxygen atoms in total. The quantitative estimate of drug-likeness (QED) is 0.909. The van der Waals surface area contributed by atoms with Crippen LogP contribution >= 0.6 is 11.6 Å². The molecule has 1 saturated heterocycles. The number of amides is 3. The first-order chi connectivity index (χ1) is 10.1. The molecule has 1 fully saturated rings. The van der Waals surface area contributed by atoms with E-state index in [2.05, 4.69) is 5.32 Å². The molecular weight excluding hydrogens is 290 g/mol. The van der Waals surface area contributed by atoms with Gasteiger partial charge in [-0.1, -0.05) is 29.8 Å². The average Bonchev–Trinajstić information content (AvgIpc) is 2.72. The van der Waals surface area contributed by atoms with Crippen LogP contribution < -0.4 is 5.32 Å². The first-order valence-electron chi connectivity index (χ1n) is 7.09. The van der Waals surface area contributed by atoms with Crippen molar-refractivity contribution in [3.8, 4) is 0 Å². The van der Waals surface area contributed by atoms with Gasteiger partial charge in [-0.2, -0.15) is 0 Å². The van der Waals surface area contributed by atoms with Crippen LogP contribution in [0.3, 0.4) is 0 Å². The lowest BCUT2D eigenvalue weighted by Gasteiger charge is -2.22. The Morgan fingerprint density at radius 2 is 1.81 bits per heavy atom. The van der Waals surface area contributed by atoms with Crippen LogP contribution in [0.15, 0.2) is 24.3 Å². The van der Waals surface area contributed by atoms with Crippen molar-refractivity contribution < 1.29 is 9.59 Å². The molecule has 1 heterocycles. The molecule has 6 heteroatoms. The predicted octanol–water partition coefficient (Wildman–Crippen LogP) is 2.10. The van der Waals surface area contributed by atoms with Crippen molar-refractivity contribution in [3.63, 3.8) is 0 Å². The van der Waals surface area contributed by atoms with Crippen LogP contribution in [0.25, 0.3) is 0 Å². The van der Waals surface area contributed by atoms with Crippen molar-refractivity contribution in [1.29, 1.82) is 0 Å². The molecule has 1 aromatic rings. The van der Waals surface area contributed by atoms with Gasteiger partial charge in [-0.3, -0.25) is 4.79 Å². The summed E-state index contributed by atoms with van der Waals surface area (Å²) in [5, 5.41) is 3.53. The summed E-state index contributed by atoms with van der Waals surface area (Å²) in [6.07, 6.45) is 0.805.